The average Bonchev–Trinajstić information content (AvgIpc) is 2.82. The molecule has 0 fully saturated rings. The van der Waals surface area contributed by atoms with Gasteiger partial charge in [-0.2, -0.15) is 0 Å². The van der Waals surface area contributed by atoms with Crippen LogP contribution in [-0.4, -0.2) is 40.2 Å². The highest BCUT2D eigenvalue weighted by molar-refractivity contribution is 7.91. The molecule has 0 spiro atoms. The van der Waals surface area contributed by atoms with Crippen molar-refractivity contribution < 1.29 is 35.9 Å². The summed E-state index contributed by atoms with van der Waals surface area (Å²) in [5.74, 6) is -1.48. The molecule has 1 amide bonds. The van der Waals surface area contributed by atoms with E-state index in [1.54, 1.807) is 0 Å². The Balaban J connectivity index is 2.22. The molecule has 3 aromatic carbocycles. The van der Waals surface area contributed by atoms with Crippen molar-refractivity contribution in [1.82, 2.24) is 0 Å². The molecule has 0 radical (unpaired) electrons. The summed E-state index contributed by atoms with van der Waals surface area (Å²) in [6, 6.07) is 13.6. The van der Waals surface area contributed by atoms with Gasteiger partial charge in [-0.15, -0.1) is 13.2 Å². The third kappa shape index (κ3) is 5.87. The lowest BCUT2D eigenvalue weighted by Gasteiger charge is -2.32. The Bertz CT molecular complexity index is 1390. The van der Waals surface area contributed by atoms with Crippen LogP contribution >= 0.6 is 23.2 Å². The second-order valence-electron chi connectivity index (χ2n) is 7.99. The molecule has 37 heavy (non-hydrogen) atoms. The number of ether oxygens (including phenoxy) is 2. The number of sulfone groups is 1. The van der Waals surface area contributed by atoms with Crippen LogP contribution in [0.3, 0.4) is 0 Å². The topological polar surface area (TPSA) is 95.7 Å². The molecule has 0 bridgehead atoms. The van der Waals surface area contributed by atoms with Crippen LogP contribution in [0.25, 0.3) is 11.1 Å². The molecule has 3 rings (SSSR count). The molecule has 0 heterocycles. The maximum atomic E-state index is 13.0. The summed E-state index contributed by atoms with van der Waals surface area (Å²) < 4.78 is 72.8. The number of rotatable bonds is 9. The number of para-hydroxylation sites is 1. The average molecular weight is 576 g/mol. The van der Waals surface area contributed by atoms with Gasteiger partial charge in [-0.05, 0) is 41.5 Å². The first kappa shape index (κ1) is 28.8. The Kier molecular flexibility index (Phi) is 8.48. The third-order valence-corrected chi connectivity index (χ3v) is 8.13. The number of halogens is 5. The predicted octanol–water partition coefficient (Wildman–Crippen LogP) is 5.77. The van der Waals surface area contributed by atoms with Gasteiger partial charge in [-0.3, -0.25) is 4.79 Å². The Hall–Kier alpha value is -2.79. The highest BCUT2D eigenvalue weighted by atomic mass is 35.5. The summed E-state index contributed by atoms with van der Waals surface area (Å²) in [6.07, 6.45) is -4.95. The minimum Gasteiger partial charge on any atom is -0.405 e. The van der Waals surface area contributed by atoms with Crippen molar-refractivity contribution in [3.63, 3.8) is 0 Å². The third-order valence-electron chi connectivity index (χ3n) is 5.78. The number of hydrogen-bond donors (Lipinski definition) is 1. The number of primary amides is 1. The van der Waals surface area contributed by atoms with Crippen molar-refractivity contribution >= 4 is 38.9 Å². The lowest BCUT2D eigenvalue weighted by atomic mass is 9.74. The van der Waals surface area contributed by atoms with Crippen LogP contribution < -0.4 is 10.5 Å². The van der Waals surface area contributed by atoms with Crippen molar-refractivity contribution in [2.24, 2.45) is 5.73 Å². The highest BCUT2D eigenvalue weighted by Gasteiger charge is 2.42. The van der Waals surface area contributed by atoms with Crippen molar-refractivity contribution in [3.8, 4) is 16.9 Å². The maximum absolute atomic E-state index is 13.0. The first-order valence-corrected chi connectivity index (χ1v) is 13.1. The van der Waals surface area contributed by atoms with E-state index in [0.717, 1.165) is 6.07 Å². The Morgan fingerprint density at radius 2 is 1.54 bits per heavy atom. The number of carbonyl (C=O) groups excluding carboxylic acids is 1. The van der Waals surface area contributed by atoms with Gasteiger partial charge in [0, 0.05) is 18.2 Å². The van der Waals surface area contributed by atoms with Gasteiger partial charge in [0.25, 0.3) is 0 Å². The van der Waals surface area contributed by atoms with Crippen LogP contribution in [0.1, 0.15) is 18.1 Å². The number of amides is 1. The molecule has 6 nitrogen and oxygen atoms in total. The summed E-state index contributed by atoms with van der Waals surface area (Å²) in [7, 11) is -2.16. The molecule has 0 aliphatic heterocycles. The van der Waals surface area contributed by atoms with Gasteiger partial charge in [0.15, 0.2) is 9.84 Å². The van der Waals surface area contributed by atoms with E-state index in [9.17, 15) is 26.4 Å². The fourth-order valence-electron chi connectivity index (χ4n) is 3.98. The molecule has 0 aliphatic rings. The van der Waals surface area contributed by atoms with Gasteiger partial charge in [-0.1, -0.05) is 60.5 Å². The van der Waals surface area contributed by atoms with E-state index >= 15 is 0 Å². The molecule has 0 saturated heterocycles. The second kappa shape index (κ2) is 10.9. The molecular formula is C25H22Cl2F3NO5S. The van der Waals surface area contributed by atoms with Crippen LogP contribution in [0, 0.1) is 0 Å². The van der Waals surface area contributed by atoms with Gasteiger partial charge >= 0.3 is 6.36 Å². The van der Waals surface area contributed by atoms with Crippen LogP contribution in [0.5, 0.6) is 5.75 Å². The molecule has 0 aliphatic carbocycles. The van der Waals surface area contributed by atoms with Gasteiger partial charge in [0.2, 0.25) is 5.91 Å². The number of alkyl halides is 3. The zero-order chi connectivity index (χ0) is 27.6. The summed E-state index contributed by atoms with van der Waals surface area (Å²) >= 11 is 13.0. The molecule has 1 unspecified atom stereocenters. The SMILES string of the molecule is CCS(=O)(=O)c1ccc(C(COC)(C(N)=O)c2cc(Cl)c(-c3ccccc3OC(F)(F)F)c(Cl)c2)cc1. The highest BCUT2D eigenvalue weighted by Crippen LogP contribution is 2.45. The molecular weight excluding hydrogens is 554 g/mol. The molecule has 0 aromatic heterocycles. The smallest absolute Gasteiger partial charge is 0.405 e. The minimum atomic E-state index is -4.95. The van der Waals surface area contributed by atoms with Gasteiger partial charge in [0.1, 0.15) is 11.2 Å². The zero-order valence-electron chi connectivity index (χ0n) is 19.6. The summed E-state index contributed by atoms with van der Waals surface area (Å²) in [4.78, 5) is 13.0. The lowest BCUT2D eigenvalue weighted by molar-refractivity contribution is -0.274. The van der Waals surface area contributed by atoms with E-state index in [1.807, 2.05) is 0 Å². The monoisotopic (exact) mass is 575 g/mol. The number of methoxy groups -OCH3 is 1. The van der Waals surface area contributed by atoms with E-state index in [4.69, 9.17) is 33.7 Å². The molecule has 1 atom stereocenters. The fraction of sp³-hybridized carbons (Fsp3) is 0.240. The zero-order valence-corrected chi connectivity index (χ0v) is 21.9. The minimum absolute atomic E-state index is 0.0214. The summed E-state index contributed by atoms with van der Waals surface area (Å²) in [6.45, 7) is 1.24. The van der Waals surface area contributed by atoms with Gasteiger partial charge in [0.05, 0.1) is 27.3 Å². The molecule has 3 aromatic rings. The van der Waals surface area contributed by atoms with Crippen molar-refractivity contribution in [2.75, 3.05) is 19.5 Å². The normalized spacial score (nSPS) is 13.7. The van der Waals surface area contributed by atoms with Crippen LogP contribution in [-0.2, 0) is 24.8 Å². The standard InChI is InChI=1S/C25H22Cl2F3NO5S/c1-3-37(33,34)17-10-8-15(9-11-17)24(14-35-2,23(31)32)16-12-19(26)22(20(27)13-16)18-6-4-5-7-21(18)36-25(28,29)30/h4-13H,3,14H2,1-2H3,(H2,31,32). The Morgan fingerprint density at radius 1 is 0.973 bits per heavy atom. The van der Waals surface area contributed by atoms with E-state index in [1.165, 1.54) is 68.6 Å². The van der Waals surface area contributed by atoms with Crippen molar-refractivity contribution in [2.45, 2.75) is 23.6 Å². The first-order valence-electron chi connectivity index (χ1n) is 10.7. The fourth-order valence-corrected chi connectivity index (χ4v) is 5.56. The Labute approximate surface area is 222 Å². The van der Waals surface area contributed by atoms with Gasteiger partial charge < -0.3 is 15.2 Å². The molecule has 2 N–H and O–H groups in total. The number of benzene rings is 3. The van der Waals surface area contributed by atoms with E-state index in [0.29, 0.717) is 5.56 Å². The quantitative estimate of drug-likeness (QED) is 0.349. The largest absolute Gasteiger partial charge is 0.573 e. The van der Waals surface area contributed by atoms with Crippen LogP contribution in [0.15, 0.2) is 65.6 Å². The summed E-state index contributed by atoms with van der Waals surface area (Å²) in [5.41, 5.74) is 4.72. The van der Waals surface area contributed by atoms with Crippen molar-refractivity contribution in [1.29, 1.82) is 0 Å². The van der Waals surface area contributed by atoms with Crippen LogP contribution in [0.2, 0.25) is 10.0 Å². The molecule has 0 saturated carbocycles. The van der Waals surface area contributed by atoms with E-state index in [2.05, 4.69) is 4.74 Å². The number of carbonyl (C=O) groups is 1. The van der Waals surface area contributed by atoms with Crippen LogP contribution in [0.4, 0.5) is 13.2 Å². The first-order chi connectivity index (χ1) is 17.3. The second-order valence-corrected chi connectivity index (χ2v) is 11.1. The summed E-state index contributed by atoms with van der Waals surface area (Å²) in [5, 5.41) is -0.153. The molecule has 198 valence electrons. The van der Waals surface area contributed by atoms with Crippen molar-refractivity contribution in [3.05, 3.63) is 81.8 Å². The van der Waals surface area contributed by atoms with E-state index < -0.39 is 33.3 Å². The van der Waals surface area contributed by atoms with E-state index in [-0.39, 0.29) is 44.0 Å². The number of nitrogens with two attached hydrogens (primary N) is 1. The Morgan fingerprint density at radius 3 is 2.03 bits per heavy atom. The lowest BCUT2D eigenvalue weighted by Crippen LogP contribution is -2.46. The molecule has 12 heteroatoms. The van der Waals surface area contributed by atoms with Gasteiger partial charge in [-0.25, -0.2) is 8.42 Å². The number of hydrogen-bond acceptors (Lipinski definition) is 5. The predicted molar refractivity (Wildman–Crippen MR) is 135 cm³/mol. The maximum Gasteiger partial charge on any atom is 0.573 e.